The van der Waals surface area contributed by atoms with Crippen LogP contribution in [0.5, 0.6) is 0 Å². The number of nitroso groups, excluding NO2 is 1. The predicted octanol–water partition coefficient (Wildman–Crippen LogP) is 0.0787. The zero-order chi connectivity index (χ0) is 5.54. The molecular formula is C2H6N4O. The summed E-state index contributed by atoms with van der Waals surface area (Å²) < 4.78 is 0. The van der Waals surface area contributed by atoms with E-state index in [4.69, 9.17) is 0 Å². The highest BCUT2D eigenvalue weighted by molar-refractivity contribution is 4.40. The van der Waals surface area contributed by atoms with Gasteiger partial charge in [0.15, 0.2) is 0 Å². The van der Waals surface area contributed by atoms with Crippen molar-refractivity contribution in [2.24, 2.45) is 21.4 Å². The van der Waals surface area contributed by atoms with Gasteiger partial charge in [-0.2, -0.15) is 10.0 Å². The van der Waals surface area contributed by atoms with Gasteiger partial charge in [0, 0.05) is 0 Å². The Hall–Kier alpha value is -1.00. The largest absolute Gasteiger partial charge is 0.305 e. The molecule has 0 heterocycles. The molecular weight excluding hydrogens is 96.0 g/mol. The lowest BCUT2D eigenvalue weighted by Gasteiger charge is -1.75. The van der Waals surface area contributed by atoms with E-state index < -0.39 is 0 Å². The minimum absolute atomic E-state index is 0.153. The second-order valence-electron chi connectivity index (χ2n) is 0.833. The van der Waals surface area contributed by atoms with Gasteiger partial charge in [0.2, 0.25) is 0 Å². The Kier molecular flexibility index (Phi) is 4.29. The van der Waals surface area contributed by atoms with Gasteiger partial charge in [0.05, 0.1) is 6.54 Å². The zero-order valence-electron chi connectivity index (χ0n) is 3.74. The Balaban J connectivity index is 2.82. The summed E-state index contributed by atoms with van der Waals surface area (Å²) in [4.78, 5) is 9.29. The molecule has 5 heteroatoms. The van der Waals surface area contributed by atoms with Crippen LogP contribution >= 0.6 is 0 Å². The topological polar surface area (TPSA) is 80.2 Å². The molecule has 0 amide bonds. The van der Waals surface area contributed by atoms with Gasteiger partial charge < -0.3 is 5.84 Å². The van der Waals surface area contributed by atoms with Gasteiger partial charge in [-0.25, -0.2) is 0 Å². The zero-order valence-corrected chi connectivity index (χ0v) is 3.74. The Bertz CT molecular complexity index is 70.1. The molecule has 0 aromatic carbocycles. The van der Waals surface area contributed by atoms with Crippen LogP contribution in [0.4, 0.5) is 0 Å². The van der Waals surface area contributed by atoms with Gasteiger partial charge in [0.1, 0.15) is 6.54 Å². The van der Waals surface area contributed by atoms with Crippen LogP contribution in [0.15, 0.2) is 15.5 Å². The molecule has 40 valence electrons. The minimum Gasteiger partial charge on any atom is -0.305 e. The molecule has 0 aliphatic carbocycles. The van der Waals surface area contributed by atoms with Crippen molar-refractivity contribution in [2.45, 2.75) is 0 Å². The van der Waals surface area contributed by atoms with Crippen LogP contribution in [0, 0.1) is 4.91 Å². The summed E-state index contributed by atoms with van der Waals surface area (Å²) in [5.74, 6) is 4.58. The summed E-state index contributed by atoms with van der Waals surface area (Å²) in [6, 6.07) is 0. The molecule has 0 aliphatic rings. The predicted molar refractivity (Wildman–Crippen MR) is 24.6 cm³/mol. The van der Waals surface area contributed by atoms with Crippen LogP contribution in [0.2, 0.25) is 0 Å². The van der Waals surface area contributed by atoms with Gasteiger partial charge in [0.25, 0.3) is 0 Å². The summed E-state index contributed by atoms with van der Waals surface area (Å²) in [7, 11) is 0. The number of rotatable bonds is 3. The van der Waals surface area contributed by atoms with Crippen LogP contribution in [0.3, 0.4) is 0 Å². The molecule has 5 nitrogen and oxygen atoms in total. The average molecular weight is 102 g/mol. The molecule has 0 saturated carbocycles. The van der Waals surface area contributed by atoms with Crippen molar-refractivity contribution in [1.29, 1.82) is 0 Å². The molecule has 0 saturated heterocycles. The van der Waals surface area contributed by atoms with Gasteiger partial charge in [-0.3, -0.25) is 0 Å². The second-order valence-corrected chi connectivity index (χ2v) is 0.833. The maximum absolute atomic E-state index is 9.29. The lowest BCUT2D eigenvalue weighted by molar-refractivity contribution is 0.864. The van der Waals surface area contributed by atoms with Crippen LogP contribution < -0.4 is 5.84 Å². The lowest BCUT2D eigenvalue weighted by atomic mass is 10.7. The molecule has 0 aliphatic heterocycles. The van der Waals surface area contributed by atoms with Crippen LogP contribution in [0.1, 0.15) is 0 Å². The molecule has 0 bridgehead atoms. The van der Waals surface area contributed by atoms with E-state index in [0.29, 0.717) is 6.54 Å². The molecule has 0 aromatic rings. The maximum Gasteiger partial charge on any atom is 0.102 e. The van der Waals surface area contributed by atoms with Crippen LogP contribution in [0.25, 0.3) is 0 Å². The highest BCUT2D eigenvalue weighted by Gasteiger charge is 1.74. The first-order valence-electron chi connectivity index (χ1n) is 1.77. The van der Waals surface area contributed by atoms with E-state index in [1.165, 1.54) is 0 Å². The quantitative estimate of drug-likeness (QED) is 0.180. The summed E-state index contributed by atoms with van der Waals surface area (Å²) in [5.41, 5.74) is 0. The van der Waals surface area contributed by atoms with Gasteiger partial charge in [-0.15, -0.1) is 0 Å². The lowest BCUT2D eigenvalue weighted by Crippen LogP contribution is -1.84. The van der Waals surface area contributed by atoms with Crippen molar-refractivity contribution in [3.63, 3.8) is 0 Å². The Morgan fingerprint density at radius 3 is 2.57 bits per heavy atom. The van der Waals surface area contributed by atoms with E-state index in [0.717, 1.165) is 0 Å². The summed E-state index contributed by atoms with van der Waals surface area (Å²) >= 11 is 0. The average Bonchev–Trinajstić information content (AvgIpc) is 1.69. The fraction of sp³-hybridized carbons (Fsp3) is 1.00. The molecule has 2 N–H and O–H groups in total. The number of nitrogens with zero attached hydrogens (tertiary/aromatic N) is 3. The number of hydrogen-bond acceptors (Lipinski definition) is 4. The van der Waals surface area contributed by atoms with Crippen molar-refractivity contribution in [2.75, 3.05) is 13.1 Å². The van der Waals surface area contributed by atoms with Crippen LogP contribution in [-0.2, 0) is 0 Å². The van der Waals surface area contributed by atoms with Crippen molar-refractivity contribution < 1.29 is 0 Å². The van der Waals surface area contributed by atoms with Crippen molar-refractivity contribution in [1.82, 2.24) is 0 Å². The maximum atomic E-state index is 9.29. The normalized spacial score (nSPS) is 9.71. The Morgan fingerprint density at radius 2 is 2.14 bits per heavy atom. The third kappa shape index (κ3) is 5.00. The summed E-state index contributed by atoms with van der Waals surface area (Å²) in [6.07, 6.45) is 0. The molecule has 0 spiro atoms. The van der Waals surface area contributed by atoms with E-state index in [1.54, 1.807) is 0 Å². The summed E-state index contributed by atoms with van der Waals surface area (Å²) in [6.45, 7) is 0.445. The van der Waals surface area contributed by atoms with Gasteiger partial charge in [-0.1, -0.05) is 10.4 Å². The molecule has 0 radical (unpaired) electrons. The smallest absolute Gasteiger partial charge is 0.102 e. The molecule has 0 unspecified atom stereocenters. The molecule has 0 atom stereocenters. The fourth-order valence-corrected chi connectivity index (χ4v) is 0.143. The fourth-order valence-electron chi connectivity index (χ4n) is 0.143. The first kappa shape index (κ1) is 6.00. The molecule has 0 rings (SSSR count). The molecule has 0 fully saturated rings. The van der Waals surface area contributed by atoms with E-state index in [2.05, 4.69) is 21.4 Å². The van der Waals surface area contributed by atoms with Crippen LogP contribution in [-0.4, -0.2) is 13.1 Å². The van der Waals surface area contributed by atoms with Crippen molar-refractivity contribution >= 4 is 0 Å². The molecule has 0 aromatic heterocycles. The van der Waals surface area contributed by atoms with Gasteiger partial charge >= 0.3 is 0 Å². The highest BCUT2D eigenvalue weighted by Crippen LogP contribution is 1.69. The first-order chi connectivity index (χ1) is 3.41. The van der Waals surface area contributed by atoms with E-state index in [1.807, 2.05) is 0 Å². The first-order valence-corrected chi connectivity index (χ1v) is 1.77. The summed E-state index contributed by atoms with van der Waals surface area (Å²) in [5, 5.41) is 8.68. The van der Waals surface area contributed by atoms with Gasteiger partial charge in [-0.05, 0) is 0 Å². The Morgan fingerprint density at radius 1 is 1.43 bits per heavy atom. The third-order valence-electron chi connectivity index (χ3n) is 0.373. The molecule has 7 heavy (non-hydrogen) atoms. The Labute approximate surface area is 40.6 Å². The highest BCUT2D eigenvalue weighted by atomic mass is 16.3. The van der Waals surface area contributed by atoms with Crippen molar-refractivity contribution in [3.05, 3.63) is 4.91 Å². The number of hydrogen-bond donors (Lipinski definition) is 1. The monoisotopic (exact) mass is 102 g/mol. The SMILES string of the molecule is NN=NCCN=O. The van der Waals surface area contributed by atoms with E-state index in [9.17, 15) is 4.91 Å². The standard InChI is InChI=1S/C2H6N4O/c3-6-4-1-2-5-7/h1-2H2,(H2,3,4). The number of nitrogens with two attached hydrogens (primary N) is 1. The van der Waals surface area contributed by atoms with Crippen molar-refractivity contribution in [3.8, 4) is 0 Å². The third-order valence-corrected chi connectivity index (χ3v) is 0.373. The van der Waals surface area contributed by atoms with E-state index >= 15 is 0 Å². The minimum atomic E-state index is 0.153. The van der Waals surface area contributed by atoms with E-state index in [-0.39, 0.29) is 6.54 Å². The second kappa shape index (κ2) is 5.00.